The summed E-state index contributed by atoms with van der Waals surface area (Å²) in [5, 5.41) is 7.10. The quantitative estimate of drug-likeness (QED) is 0.887. The number of rotatable bonds is 4. The van der Waals surface area contributed by atoms with Gasteiger partial charge in [0.15, 0.2) is 5.76 Å². The molecule has 1 spiro atoms. The molecule has 2 heterocycles. The highest BCUT2D eigenvalue weighted by atomic mass is 16.5. The average Bonchev–Trinajstić information content (AvgIpc) is 3.24. The van der Waals surface area contributed by atoms with Crippen molar-refractivity contribution in [1.29, 1.82) is 0 Å². The molecule has 5 heteroatoms. The number of aryl methyl sites for hydroxylation is 2. The first kappa shape index (κ1) is 17.1. The highest BCUT2D eigenvalue weighted by molar-refractivity contribution is 5.97. The second-order valence-corrected chi connectivity index (χ2v) is 7.82. The molecule has 4 rings (SSSR count). The molecule has 5 nitrogen and oxygen atoms in total. The summed E-state index contributed by atoms with van der Waals surface area (Å²) in [7, 11) is 0. The maximum atomic E-state index is 13.0. The standard InChI is InChI=1S/C21H26N2O3/c1-5-17-19(13(4)26-23-17)22-20(24)16-11-21(16)8-9-25-18-7-6-14(12(2)3)10-15(18)21/h6-7,10,12,16H,5,8-9,11H2,1-4H3,(H,22,24)/t16-,21-/m0/s1. The fourth-order valence-corrected chi connectivity index (χ4v) is 4.15. The van der Waals surface area contributed by atoms with E-state index in [9.17, 15) is 4.79 Å². The lowest BCUT2D eigenvalue weighted by atomic mass is 9.85. The first-order valence-corrected chi connectivity index (χ1v) is 9.49. The maximum absolute atomic E-state index is 13.0. The van der Waals surface area contributed by atoms with E-state index in [-0.39, 0.29) is 17.2 Å². The van der Waals surface area contributed by atoms with E-state index in [0.29, 0.717) is 18.3 Å². The number of fused-ring (bicyclic) bond motifs is 2. The maximum Gasteiger partial charge on any atom is 0.228 e. The number of anilines is 1. The second-order valence-electron chi connectivity index (χ2n) is 7.82. The van der Waals surface area contributed by atoms with Crippen molar-refractivity contribution in [3.8, 4) is 5.75 Å². The SMILES string of the molecule is CCc1noc(C)c1NC(=O)[C@@H]1C[C@]12CCOc1ccc(C(C)C)cc12. The first-order chi connectivity index (χ1) is 12.5. The Balaban J connectivity index is 1.60. The molecule has 1 saturated carbocycles. The van der Waals surface area contributed by atoms with Crippen molar-refractivity contribution in [2.24, 2.45) is 5.92 Å². The summed E-state index contributed by atoms with van der Waals surface area (Å²) in [5.74, 6) is 2.10. The van der Waals surface area contributed by atoms with Crippen LogP contribution in [0.1, 0.15) is 62.1 Å². The zero-order chi connectivity index (χ0) is 18.5. The molecule has 0 saturated heterocycles. The molecule has 1 N–H and O–H groups in total. The average molecular weight is 354 g/mol. The third kappa shape index (κ3) is 2.61. The molecule has 138 valence electrons. The van der Waals surface area contributed by atoms with Crippen molar-refractivity contribution < 1.29 is 14.1 Å². The van der Waals surface area contributed by atoms with Gasteiger partial charge in [-0.2, -0.15) is 0 Å². The Kier molecular flexibility index (Phi) is 4.05. The number of benzene rings is 1. The molecule has 2 aliphatic rings. The Morgan fingerprint density at radius 3 is 2.96 bits per heavy atom. The molecular formula is C21H26N2O3. The van der Waals surface area contributed by atoms with Gasteiger partial charge in [0.25, 0.3) is 0 Å². The van der Waals surface area contributed by atoms with E-state index in [1.54, 1.807) is 0 Å². The van der Waals surface area contributed by atoms with Crippen LogP contribution >= 0.6 is 0 Å². The summed E-state index contributed by atoms with van der Waals surface area (Å²) in [5.41, 5.74) is 3.96. The van der Waals surface area contributed by atoms with Crippen LogP contribution in [-0.2, 0) is 16.6 Å². The molecule has 1 aliphatic carbocycles. The number of ether oxygens (including phenoxy) is 1. The summed E-state index contributed by atoms with van der Waals surface area (Å²) >= 11 is 0. The zero-order valence-corrected chi connectivity index (χ0v) is 15.9. The molecule has 2 aromatic rings. The van der Waals surface area contributed by atoms with Gasteiger partial charge in [0.2, 0.25) is 5.91 Å². The third-order valence-corrected chi connectivity index (χ3v) is 5.92. The normalized spacial score (nSPS) is 23.7. The minimum Gasteiger partial charge on any atom is -0.493 e. The lowest BCUT2D eigenvalue weighted by Crippen LogP contribution is -2.27. The second kappa shape index (κ2) is 6.15. The van der Waals surface area contributed by atoms with Crippen LogP contribution in [0, 0.1) is 12.8 Å². The van der Waals surface area contributed by atoms with E-state index in [1.807, 2.05) is 13.8 Å². The Morgan fingerprint density at radius 1 is 1.42 bits per heavy atom. The molecular weight excluding hydrogens is 328 g/mol. The molecule has 26 heavy (non-hydrogen) atoms. The predicted molar refractivity (Wildman–Crippen MR) is 99.7 cm³/mol. The van der Waals surface area contributed by atoms with Gasteiger partial charge in [-0.3, -0.25) is 4.79 Å². The van der Waals surface area contributed by atoms with Gasteiger partial charge in [0.05, 0.1) is 6.61 Å². The Hall–Kier alpha value is -2.30. The van der Waals surface area contributed by atoms with Gasteiger partial charge in [-0.1, -0.05) is 38.1 Å². The topological polar surface area (TPSA) is 64.4 Å². The number of amides is 1. The van der Waals surface area contributed by atoms with Crippen LogP contribution in [0.2, 0.25) is 0 Å². The minimum absolute atomic E-state index is 0.0217. The fourth-order valence-electron chi connectivity index (χ4n) is 4.15. The van der Waals surface area contributed by atoms with Crippen molar-refractivity contribution in [3.63, 3.8) is 0 Å². The Labute approximate surface area is 154 Å². The number of aromatic nitrogens is 1. The van der Waals surface area contributed by atoms with E-state index in [4.69, 9.17) is 9.26 Å². The predicted octanol–water partition coefficient (Wildman–Crippen LogP) is 4.35. The molecule has 1 aliphatic heterocycles. The molecule has 0 bridgehead atoms. The number of nitrogens with one attached hydrogen (secondary N) is 1. The van der Waals surface area contributed by atoms with Gasteiger partial charge >= 0.3 is 0 Å². The minimum atomic E-state index is -0.0833. The summed E-state index contributed by atoms with van der Waals surface area (Å²) in [6, 6.07) is 6.45. The number of nitrogens with zero attached hydrogens (tertiary/aromatic N) is 1. The monoisotopic (exact) mass is 354 g/mol. The number of carbonyl (C=O) groups excluding carboxylic acids is 1. The van der Waals surface area contributed by atoms with Gasteiger partial charge in [-0.15, -0.1) is 0 Å². The van der Waals surface area contributed by atoms with Crippen LogP contribution < -0.4 is 10.1 Å². The lowest BCUT2D eigenvalue weighted by molar-refractivity contribution is -0.117. The Bertz CT molecular complexity index is 855. The van der Waals surface area contributed by atoms with Gasteiger partial charge in [-0.25, -0.2) is 0 Å². The number of hydrogen-bond acceptors (Lipinski definition) is 4. The van der Waals surface area contributed by atoms with Gasteiger partial charge in [0.1, 0.15) is 17.1 Å². The highest BCUT2D eigenvalue weighted by Crippen LogP contribution is 2.61. The molecule has 2 atom stereocenters. The van der Waals surface area contributed by atoms with E-state index >= 15 is 0 Å². The molecule has 1 fully saturated rings. The van der Waals surface area contributed by atoms with Gasteiger partial charge in [0, 0.05) is 16.9 Å². The van der Waals surface area contributed by atoms with Crippen molar-refractivity contribution in [2.45, 2.75) is 58.3 Å². The molecule has 1 aromatic carbocycles. The number of carbonyl (C=O) groups is 1. The number of hydrogen-bond donors (Lipinski definition) is 1. The zero-order valence-electron chi connectivity index (χ0n) is 15.9. The van der Waals surface area contributed by atoms with E-state index < -0.39 is 0 Å². The van der Waals surface area contributed by atoms with E-state index in [2.05, 4.69) is 42.5 Å². The van der Waals surface area contributed by atoms with E-state index in [1.165, 1.54) is 11.1 Å². The molecule has 0 unspecified atom stereocenters. The summed E-state index contributed by atoms with van der Waals surface area (Å²) in [6.45, 7) is 8.90. The van der Waals surface area contributed by atoms with E-state index in [0.717, 1.165) is 36.4 Å². The highest BCUT2D eigenvalue weighted by Gasteiger charge is 2.61. The van der Waals surface area contributed by atoms with Gasteiger partial charge < -0.3 is 14.6 Å². The molecule has 0 radical (unpaired) electrons. The van der Waals surface area contributed by atoms with Crippen molar-refractivity contribution >= 4 is 11.6 Å². The van der Waals surface area contributed by atoms with Crippen molar-refractivity contribution in [3.05, 3.63) is 40.8 Å². The largest absolute Gasteiger partial charge is 0.493 e. The molecule has 1 aromatic heterocycles. The van der Waals surface area contributed by atoms with Crippen LogP contribution in [-0.4, -0.2) is 17.7 Å². The first-order valence-electron chi connectivity index (χ1n) is 9.49. The van der Waals surface area contributed by atoms with Crippen LogP contribution in [0.3, 0.4) is 0 Å². The van der Waals surface area contributed by atoms with Crippen LogP contribution in [0.25, 0.3) is 0 Å². The van der Waals surface area contributed by atoms with Crippen LogP contribution in [0.15, 0.2) is 22.7 Å². The van der Waals surface area contributed by atoms with Crippen LogP contribution in [0.5, 0.6) is 5.75 Å². The summed E-state index contributed by atoms with van der Waals surface area (Å²) in [4.78, 5) is 13.0. The lowest BCUT2D eigenvalue weighted by Gasteiger charge is -2.28. The fraction of sp³-hybridized carbons (Fsp3) is 0.524. The molecule has 1 amide bonds. The summed E-state index contributed by atoms with van der Waals surface area (Å²) < 4.78 is 11.1. The smallest absolute Gasteiger partial charge is 0.228 e. The van der Waals surface area contributed by atoms with Crippen molar-refractivity contribution in [2.75, 3.05) is 11.9 Å². The van der Waals surface area contributed by atoms with Crippen molar-refractivity contribution in [1.82, 2.24) is 5.16 Å². The summed E-state index contributed by atoms with van der Waals surface area (Å²) in [6.07, 6.45) is 2.50. The Morgan fingerprint density at radius 2 is 2.23 bits per heavy atom. The van der Waals surface area contributed by atoms with Crippen LogP contribution in [0.4, 0.5) is 5.69 Å². The van der Waals surface area contributed by atoms with Gasteiger partial charge in [-0.05, 0) is 43.7 Å². The third-order valence-electron chi connectivity index (χ3n) is 5.92.